The van der Waals surface area contributed by atoms with Crippen molar-refractivity contribution in [1.29, 1.82) is 0 Å². The highest BCUT2D eigenvalue weighted by molar-refractivity contribution is 5.38. The van der Waals surface area contributed by atoms with Crippen LogP contribution in [0.2, 0.25) is 0 Å². The third-order valence-corrected chi connectivity index (χ3v) is 3.13. The van der Waals surface area contributed by atoms with Crippen molar-refractivity contribution < 1.29 is 0 Å². The molecule has 0 spiro atoms. The van der Waals surface area contributed by atoms with Gasteiger partial charge in [-0.3, -0.25) is 4.90 Å². The summed E-state index contributed by atoms with van der Waals surface area (Å²) in [6.07, 6.45) is 2.16. The van der Waals surface area contributed by atoms with Crippen molar-refractivity contribution >= 4 is 5.69 Å². The lowest BCUT2D eigenvalue weighted by Gasteiger charge is -2.30. The zero-order valence-electron chi connectivity index (χ0n) is 9.79. The van der Waals surface area contributed by atoms with Crippen LogP contribution in [0.25, 0.3) is 10.4 Å². The molecule has 0 atom stereocenters. The summed E-state index contributed by atoms with van der Waals surface area (Å²) >= 11 is 0. The molecule has 1 aromatic rings. The number of piperidine rings is 1. The molecule has 1 heterocycles. The Morgan fingerprint density at radius 3 is 2.53 bits per heavy atom. The van der Waals surface area contributed by atoms with Gasteiger partial charge in [-0.25, -0.2) is 0 Å². The Morgan fingerprint density at radius 1 is 1.29 bits per heavy atom. The van der Waals surface area contributed by atoms with E-state index in [0.717, 1.165) is 32.5 Å². The van der Waals surface area contributed by atoms with Crippen molar-refractivity contribution in [3.05, 3.63) is 40.3 Å². The summed E-state index contributed by atoms with van der Waals surface area (Å²) in [5.74, 6) is 0. The monoisotopic (exact) mass is 231 g/mol. The van der Waals surface area contributed by atoms with Crippen molar-refractivity contribution in [2.24, 2.45) is 10.8 Å². The van der Waals surface area contributed by atoms with Gasteiger partial charge in [0.2, 0.25) is 0 Å². The van der Waals surface area contributed by atoms with Crippen molar-refractivity contribution in [2.75, 3.05) is 13.1 Å². The number of likely N-dealkylation sites (tertiary alicyclic amines) is 1. The molecule has 5 heteroatoms. The second kappa shape index (κ2) is 5.68. The number of nitrogens with zero attached hydrogens (tertiary/aromatic N) is 4. The SMILES string of the molecule is [N-]=[N+]=Nc1ccc(CN2CCC(N)CC2)cc1. The van der Waals surface area contributed by atoms with Crippen LogP contribution in [0.15, 0.2) is 29.4 Å². The average Bonchev–Trinajstić information content (AvgIpc) is 2.35. The lowest BCUT2D eigenvalue weighted by Crippen LogP contribution is -2.39. The van der Waals surface area contributed by atoms with Gasteiger partial charge < -0.3 is 5.73 Å². The van der Waals surface area contributed by atoms with Gasteiger partial charge in [-0.2, -0.15) is 0 Å². The molecule has 0 aliphatic carbocycles. The van der Waals surface area contributed by atoms with Crippen LogP contribution >= 0.6 is 0 Å². The zero-order chi connectivity index (χ0) is 12.1. The predicted octanol–water partition coefficient (Wildman–Crippen LogP) is 2.55. The first-order chi connectivity index (χ1) is 8.28. The number of hydrogen-bond acceptors (Lipinski definition) is 3. The highest BCUT2D eigenvalue weighted by Gasteiger charge is 2.15. The highest BCUT2D eigenvalue weighted by atomic mass is 15.1. The molecule has 0 bridgehead atoms. The fourth-order valence-electron chi connectivity index (χ4n) is 2.09. The molecule has 5 nitrogen and oxygen atoms in total. The molecule has 1 fully saturated rings. The molecule has 2 rings (SSSR count). The molecule has 1 aromatic carbocycles. The van der Waals surface area contributed by atoms with E-state index >= 15 is 0 Å². The molecule has 0 radical (unpaired) electrons. The first-order valence-corrected chi connectivity index (χ1v) is 5.90. The van der Waals surface area contributed by atoms with Crippen LogP contribution in [0.5, 0.6) is 0 Å². The first kappa shape index (κ1) is 11.9. The van der Waals surface area contributed by atoms with Crippen LogP contribution in [0.3, 0.4) is 0 Å². The number of nitrogens with two attached hydrogens (primary N) is 1. The number of azide groups is 1. The Morgan fingerprint density at radius 2 is 1.94 bits per heavy atom. The summed E-state index contributed by atoms with van der Waals surface area (Å²) in [5, 5.41) is 3.55. The normalized spacial score (nSPS) is 17.7. The maximum absolute atomic E-state index is 8.31. The van der Waals surface area contributed by atoms with Crippen LogP contribution in [0.4, 0.5) is 5.69 Å². The van der Waals surface area contributed by atoms with E-state index in [4.69, 9.17) is 11.3 Å². The van der Waals surface area contributed by atoms with E-state index in [-0.39, 0.29) is 0 Å². The third kappa shape index (κ3) is 3.46. The van der Waals surface area contributed by atoms with E-state index in [9.17, 15) is 0 Å². The lowest BCUT2D eigenvalue weighted by atomic mass is 10.1. The van der Waals surface area contributed by atoms with Crippen LogP contribution < -0.4 is 5.73 Å². The molecule has 2 N–H and O–H groups in total. The fraction of sp³-hybridized carbons (Fsp3) is 0.500. The highest BCUT2D eigenvalue weighted by Crippen LogP contribution is 2.16. The number of rotatable bonds is 3. The molecule has 1 aliphatic rings. The van der Waals surface area contributed by atoms with E-state index < -0.39 is 0 Å². The van der Waals surface area contributed by atoms with Crippen molar-refractivity contribution in [3.8, 4) is 0 Å². The van der Waals surface area contributed by atoms with Gasteiger partial charge in [0.05, 0.1) is 0 Å². The van der Waals surface area contributed by atoms with E-state index in [1.54, 1.807) is 0 Å². The predicted molar refractivity (Wildman–Crippen MR) is 67.7 cm³/mol. The first-order valence-electron chi connectivity index (χ1n) is 5.90. The maximum atomic E-state index is 8.31. The van der Waals surface area contributed by atoms with Gasteiger partial charge in [-0.15, -0.1) is 0 Å². The summed E-state index contributed by atoms with van der Waals surface area (Å²) in [4.78, 5) is 5.17. The van der Waals surface area contributed by atoms with Crippen molar-refractivity contribution in [2.45, 2.75) is 25.4 Å². The molecule has 0 unspecified atom stereocenters. The minimum Gasteiger partial charge on any atom is -0.328 e. The van der Waals surface area contributed by atoms with E-state index in [1.165, 1.54) is 5.56 Å². The Labute approximate surface area is 101 Å². The Hall–Kier alpha value is -1.55. The second-order valence-corrected chi connectivity index (χ2v) is 4.47. The molecule has 90 valence electrons. The van der Waals surface area contributed by atoms with Gasteiger partial charge in [0.15, 0.2) is 0 Å². The van der Waals surface area contributed by atoms with Crippen LogP contribution in [-0.2, 0) is 6.54 Å². The van der Waals surface area contributed by atoms with Gasteiger partial charge in [-0.05, 0) is 37.0 Å². The van der Waals surface area contributed by atoms with E-state index in [1.807, 2.05) is 24.3 Å². The molecule has 17 heavy (non-hydrogen) atoms. The van der Waals surface area contributed by atoms with Gasteiger partial charge in [0.1, 0.15) is 0 Å². The van der Waals surface area contributed by atoms with Crippen LogP contribution in [0.1, 0.15) is 18.4 Å². The molecular formula is C12H17N5. The average molecular weight is 231 g/mol. The topological polar surface area (TPSA) is 78.0 Å². The summed E-state index contributed by atoms with van der Waals surface area (Å²) in [7, 11) is 0. The fourth-order valence-corrected chi connectivity index (χ4v) is 2.09. The quantitative estimate of drug-likeness (QED) is 0.493. The minimum absolute atomic E-state index is 0.374. The van der Waals surface area contributed by atoms with Crippen molar-refractivity contribution in [3.63, 3.8) is 0 Å². The molecule has 1 aliphatic heterocycles. The molecule has 0 saturated carbocycles. The summed E-state index contributed by atoms with van der Waals surface area (Å²) in [5.41, 5.74) is 16.1. The Kier molecular flexibility index (Phi) is 3.98. The largest absolute Gasteiger partial charge is 0.328 e. The number of hydrogen-bond donors (Lipinski definition) is 1. The zero-order valence-corrected chi connectivity index (χ0v) is 9.79. The molecule has 0 aromatic heterocycles. The van der Waals surface area contributed by atoms with E-state index in [0.29, 0.717) is 11.7 Å². The van der Waals surface area contributed by atoms with Gasteiger partial charge in [-0.1, -0.05) is 29.4 Å². The molecule has 1 saturated heterocycles. The van der Waals surface area contributed by atoms with Crippen molar-refractivity contribution in [1.82, 2.24) is 4.90 Å². The third-order valence-electron chi connectivity index (χ3n) is 3.13. The Bertz CT molecular complexity index is 399. The van der Waals surface area contributed by atoms with Gasteiger partial charge >= 0.3 is 0 Å². The minimum atomic E-state index is 0.374. The van der Waals surface area contributed by atoms with Gasteiger partial charge in [0.25, 0.3) is 0 Å². The van der Waals surface area contributed by atoms with Crippen LogP contribution in [0, 0.1) is 0 Å². The second-order valence-electron chi connectivity index (χ2n) is 4.47. The summed E-state index contributed by atoms with van der Waals surface area (Å²) in [6.45, 7) is 3.09. The summed E-state index contributed by atoms with van der Waals surface area (Å²) < 4.78 is 0. The van der Waals surface area contributed by atoms with E-state index in [2.05, 4.69) is 14.9 Å². The summed E-state index contributed by atoms with van der Waals surface area (Å²) in [6, 6.07) is 8.10. The molecular weight excluding hydrogens is 214 g/mol. The molecule has 0 amide bonds. The van der Waals surface area contributed by atoms with Crippen LogP contribution in [-0.4, -0.2) is 24.0 Å². The lowest BCUT2D eigenvalue weighted by molar-refractivity contribution is 0.205. The van der Waals surface area contributed by atoms with Gasteiger partial charge in [0, 0.05) is 23.2 Å². The number of benzene rings is 1. The Balaban J connectivity index is 1.92. The standard InChI is InChI=1S/C12H17N5/c13-11-5-7-17(8-6-11)9-10-1-3-12(4-2-10)15-16-14/h1-4,11H,5-9,13H2. The smallest absolute Gasteiger partial charge is 0.0375 e. The maximum Gasteiger partial charge on any atom is 0.0375 e.